The molecule has 110 valence electrons. The quantitative estimate of drug-likeness (QED) is 0.387. The van der Waals surface area contributed by atoms with Crippen LogP contribution in [0.3, 0.4) is 0 Å². The molecule has 1 aliphatic heterocycles. The van der Waals surface area contributed by atoms with E-state index in [-0.39, 0.29) is 5.84 Å². The van der Waals surface area contributed by atoms with Crippen molar-refractivity contribution in [2.75, 3.05) is 0 Å². The molecule has 3 N–H and O–H groups in total. The molecule has 0 unspecified atom stereocenters. The first-order valence-corrected chi connectivity index (χ1v) is 7.63. The molecular weight excluding hydrogens is 288 g/mol. The summed E-state index contributed by atoms with van der Waals surface area (Å²) >= 11 is 1.53. The summed E-state index contributed by atoms with van der Waals surface area (Å²) in [5.41, 5.74) is 5.94. The molecule has 7 nitrogen and oxygen atoms in total. The molecule has 3 heterocycles. The van der Waals surface area contributed by atoms with Gasteiger partial charge in [-0.1, -0.05) is 11.6 Å². The van der Waals surface area contributed by atoms with Crippen molar-refractivity contribution >= 4 is 17.6 Å². The maximum Gasteiger partial charge on any atom is 0.196 e. The number of aryl methyl sites for hydroxylation is 1. The fourth-order valence-corrected chi connectivity index (χ4v) is 3.12. The average molecular weight is 304 g/mol. The van der Waals surface area contributed by atoms with Gasteiger partial charge in [-0.3, -0.25) is 4.98 Å². The maximum absolute atomic E-state index is 8.62. The first-order chi connectivity index (χ1) is 10.3. The minimum atomic E-state index is 0.00268. The van der Waals surface area contributed by atoms with Gasteiger partial charge in [0.2, 0.25) is 0 Å². The lowest BCUT2D eigenvalue weighted by Gasteiger charge is -2.06. The lowest BCUT2D eigenvalue weighted by molar-refractivity contribution is 0.318. The third kappa shape index (κ3) is 2.99. The van der Waals surface area contributed by atoms with Crippen LogP contribution in [-0.4, -0.2) is 30.8 Å². The minimum absolute atomic E-state index is 0.00268. The number of nitrogens with zero attached hydrogens (tertiary/aromatic N) is 5. The van der Waals surface area contributed by atoms with Crippen LogP contribution < -0.4 is 5.73 Å². The van der Waals surface area contributed by atoms with Gasteiger partial charge in [0.15, 0.2) is 11.0 Å². The van der Waals surface area contributed by atoms with Crippen molar-refractivity contribution in [3.63, 3.8) is 0 Å². The lowest BCUT2D eigenvalue weighted by atomic mass is 10.2. The third-order valence-electron chi connectivity index (χ3n) is 3.39. The van der Waals surface area contributed by atoms with Crippen molar-refractivity contribution in [1.29, 1.82) is 0 Å². The fraction of sp³-hybridized carbons (Fsp3) is 0.385. The molecule has 3 rings (SSSR count). The summed E-state index contributed by atoms with van der Waals surface area (Å²) in [5, 5.41) is 21.0. The van der Waals surface area contributed by atoms with E-state index in [0.29, 0.717) is 5.69 Å². The van der Waals surface area contributed by atoms with Crippen molar-refractivity contribution < 1.29 is 5.21 Å². The lowest BCUT2D eigenvalue weighted by Crippen LogP contribution is -2.14. The van der Waals surface area contributed by atoms with Crippen LogP contribution in [-0.2, 0) is 13.0 Å². The monoisotopic (exact) mass is 304 g/mol. The molecule has 0 saturated heterocycles. The number of aromatic nitrogens is 4. The topological polar surface area (TPSA) is 102 Å². The zero-order chi connectivity index (χ0) is 14.7. The molecule has 0 saturated carbocycles. The molecule has 0 atom stereocenters. The summed E-state index contributed by atoms with van der Waals surface area (Å²) < 4.78 is 2.19. The summed E-state index contributed by atoms with van der Waals surface area (Å²) in [4.78, 5) is 5.11. The van der Waals surface area contributed by atoms with Crippen LogP contribution in [0.25, 0.3) is 0 Å². The highest BCUT2D eigenvalue weighted by atomic mass is 32.2. The number of oxime groups is 1. The van der Waals surface area contributed by atoms with Gasteiger partial charge in [0, 0.05) is 24.1 Å². The molecule has 0 aliphatic carbocycles. The first-order valence-electron chi connectivity index (χ1n) is 6.82. The zero-order valence-electron chi connectivity index (χ0n) is 11.4. The number of amidine groups is 1. The van der Waals surface area contributed by atoms with Crippen molar-refractivity contribution in [2.24, 2.45) is 10.9 Å². The Morgan fingerprint density at radius 1 is 1.29 bits per heavy atom. The number of rotatable bonds is 3. The van der Waals surface area contributed by atoms with E-state index in [9.17, 15) is 0 Å². The van der Waals surface area contributed by atoms with E-state index in [0.717, 1.165) is 28.8 Å². The summed E-state index contributed by atoms with van der Waals surface area (Å²) in [6.07, 6.45) is 6.27. The van der Waals surface area contributed by atoms with E-state index in [1.807, 2.05) is 6.07 Å². The van der Waals surface area contributed by atoms with E-state index in [1.54, 1.807) is 12.3 Å². The maximum atomic E-state index is 8.62. The molecule has 0 radical (unpaired) electrons. The van der Waals surface area contributed by atoms with Gasteiger partial charge in [-0.25, -0.2) is 0 Å². The second kappa shape index (κ2) is 6.13. The van der Waals surface area contributed by atoms with Crippen molar-refractivity contribution in [1.82, 2.24) is 19.7 Å². The molecule has 1 aliphatic rings. The molecule has 2 aromatic rings. The van der Waals surface area contributed by atoms with E-state index < -0.39 is 0 Å². The smallest absolute Gasteiger partial charge is 0.196 e. The van der Waals surface area contributed by atoms with E-state index in [1.165, 1.54) is 31.0 Å². The number of hydrogen-bond acceptors (Lipinski definition) is 6. The standard InChI is InChI=1S/C13H16N6OS/c14-12(18-20)10-6-5-9(8-15-10)21-13-17-16-11-4-2-1-3-7-19(11)13/h5-6,8,20H,1-4,7H2,(H2,14,18). The van der Waals surface area contributed by atoms with Gasteiger partial charge in [-0.05, 0) is 36.7 Å². The molecule has 21 heavy (non-hydrogen) atoms. The first kappa shape index (κ1) is 13.9. The Balaban J connectivity index is 1.79. The van der Waals surface area contributed by atoms with Crippen LogP contribution in [0.1, 0.15) is 30.8 Å². The van der Waals surface area contributed by atoms with Crippen LogP contribution in [0, 0.1) is 0 Å². The number of nitrogens with two attached hydrogens (primary N) is 1. The highest BCUT2D eigenvalue weighted by Crippen LogP contribution is 2.28. The van der Waals surface area contributed by atoms with Crippen LogP contribution >= 0.6 is 11.8 Å². The average Bonchev–Trinajstić information content (AvgIpc) is 2.75. The molecular formula is C13H16N6OS. The SMILES string of the molecule is N/C(=N/O)c1ccc(Sc2nnc3n2CCCCC3)cn1. The Hall–Kier alpha value is -2.09. The van der Waals surface area contributed by atoms with E-state index >= 15 is 0 Å². The second-order valence-corrected chi connectivity index (χ2v) is 5.87. The van der Waals surface area contributed by atoms with Crippen LogP contribution in [0.2, 0.25) is 0 Å². The van der Waals surface area contributed by atoms with Crippen molar-refractivity contribution in [2.45, 2.75) is 42.3 Å². The van der Waals surface area contributed by atoms with Crippen molar-refractivity contribution in [3.8, 4) is 0 Å². The summed E-state index contributed by atoms with van der Waals surface area (Å²) in [5.74, 6) is 1.07. The molecule has 0 fully saturated rings. The van der Waals surface area contributed by atoms with Gasteiger partial charge in [-0.15, -0.1) is 10.2 Å². The predicted octanol–water partition coefficient (Wildman–Crippen LogP) is 1.65. The second-order valence-electron chi connectivity index (χ2n) is 4.83. The Kier molecular flexibility index (Phi) is 4.05. The highest BCUT2D eigenvalue weighted by Gasteiger charge is 2.15. The number of hydrogen-bond donors (Lipinski definition) is 2. The minimum Gasteiger partial charge on any atom is -0.409 e. The molecule has 0 amide bonds. The van der Waals surface area contributed by atoms with E-state index in [4.69, 9.17) is 10.9 Å². The summed E-state index contributed by atoms with van der Waals surface area (Å²) in [7, 11) is 0. The van der Waals surface area contributed by atoms with Crippen LogP contribution in [0.5, 0.6) is 0 Å². The van der Waals surface area contributed by atoms with Gasteiger partial charge in [0.05, 0.1) is 0 Å². The Bertz CT molecular complexity index is 651. The van der Waals surface area contributed by atoms with Crippen LogP contribution in [0.4, 0.5) is 0 Å². The summed E-state index contributed by atoms with van der Waals surface area (Å²) in [6.45, 7) is 0.973. The molecule has 0 bridgehead atoms. The van der Waals surface area contributed by atoms with Crippen LogP contribution in [0.15, 0.2) is 33.5 Å². The predicted molar refractivity (Wildman–Crippen MR) is 78.4 cm³/mol. The Labute approximate surface area is 126 Å². The molecule has 2 aromatic heterocycles. The highest BCUT2D eigenvalue weighted by molar-refractivity contribution is 7.99. The van der Waals surface area contributed by atoms with Gasteiger partial charge in [0.1, 0.15) is 11.5 Å². The van der Waals surface area contributed by atoms with Crippen molar-refractivity contribution in [3.05, 3.63) is 29.8 Å². The molecule has 0 spiro atoms. The fourth-order valence-electron chi connectivity index (χ4n) is 2.28. The van der Waals surface area contributed by atoms with Gasteiger partial charge >= 0.3 is 0 Å². The normalized spacial score (nSPS) is 15.5. The molecule has 8 heteroatoms. The number of fused-ring (bicyclic) bond motifs is 1. The largest absolute Gasteiger partial charge is 0.409 e. The van der Waals surface area contributed by atoms with Gasteiger partial charge in [-0.2, -0.15) is 0 Å². The summed E-state index contributed by atoms with van der Waals surface area (Å²) in [6, 6.07) is 3.60. The zero-order valence-corrected chi connectivity index (χ0v) is 12.3. The Morgan fingerprint density at radius 2 is 2.19 bits per heavy atom. The van der Waals surface area contributed by atoms with Gasteiger partial charge in [0.25, 0.3) is 0 Å². The molecule has 0 aromatic carbocycles. The third-order valence-corrected chi connectivity index (χ3v) is 4.35. The van der Waals surface area contributed by atoms with Gasteiger partial charge < -0.3 is 15.5 Å². The number of pyridine rings is 1. The van der Waals surface area contributed by atoms with E-state index in [2.05, 4.69) is 24.9 Å². The Morgan fingerprint density at radius 3 is 2.95 bits per heavy atom.